The van der Waals surface area contributed by atoms with Crippen LogP contribution in [0.15, 0.2) is 35.3 Å². The Kier molecular flexibility index (Phi) is 9.76. The van der Waals surface area contributed by atoms with Gasteiger partial charge in [-0.1, -0.05) is 12.1 Å². The highest BCUT2D eigenvalue weighted by Gasteiger charge is 2.04. The van der Waals surface area contributed by atoms with Gasteiger partial charge in [0.25, 0.3) is 5.69 Å². The number of hydrogen-bond acceptors (Lipinski definition) is 4. The first-order valence-electron chi connectivity index (χ1n) is 8.76. The number of aromatic nitrogens is 2. The van der Waals surface area contributed by atoms with Crippen LogP contribution in [0.2, 0.25) is 0 Å². The number of aliphatic imine (C=N–C) groups is 1. The smallest absolute Gasteiger partial charge is 0.269 e. The van der Waals surface area contributed by atoms with Gasteiger partial charge in [-0.15, -0.1) is 24.0 Å². The number of nitro benzene ring substituents is 1. The van der Waals surface area contributed by atoms with E-state index in [4.69, 9.17) is 0 Å². The Morgan fingerprint density at radius 3 is 2.52 bits per heavy atom. The van der Waals surface area contributed by atoms with Crippen LogP contribution < -0.4 is 10.6 Å². The average Bonchev–Trinajstić information content (AvgIpc) is 2.94. The lowest BCUT2D eigenvalue weighted by Gasteiger charge is -2.11. The highest BCUT2D eigenvalue weighted by molar-refractivity contribution is 14.0. The summed E-state index contributed by atoms with van der Waals surface area (Å²) < 4.78 is 2.01. The minimum Gasteiger partial charge on any atom is -0.357 e. The second-order valence-electron chi connectivity index (χ2n) is 6.05. The zero-order valence-electron chi connectivity index (χ0n) is 15.9. The van der Waals surface area contributed by atoms with Crippen LogP contribution in [-0.2, 0) is 13.1 Å². The van der Waals surface area contributed by atoms with Crippen molar-refractivity contribution in [2.45, 2.75) is 40.3 Å². The van der Waals surface area contributed by atoms with Crippen LogP contribution in [0.5, 0.6) is 0 Å². The topological polar surface area (TPSA) is 97.4 Å². The van der Waals surface area contributed by atoms with Crippen molar-refractivity contribution in [1.82, 2.24) is 20.4 Å². The monoisotopic (exact) mass is 486 g/mol. The number of hydrogen-bond donors (Lipinski definition) is 2. The first-order chi connectivity index (χ1) is 12.5. The molecular weight excluding hydrogens is 459 g/mol. The molecule has 0 atom stereocenters. The van der Waals surface area contributed by atoms with Crippen molar-refractivity contribution in [1.29, 1.82) is 0 Å². The van der Waals surface area contributed by atoms with Gasteiger partial charge in [0.2, 0.25) is 0 Å². The molecule has 1 aromatic heterocycles. The molecule has 2 N–H and O–H groups in total. The van der Waals surface area contributed by atoms with Crippen molar-refractivity contribution >= 4 is 35.6 Å². The lowest BCUT2D eigenvalue weighted by atomic mass is 10.2. The Balaban J connectivity index is 0.00000364. The minimum atomic E-state index is -0.401. The van der Waals surface area contributed by atoms with Crippen molar-refractivity contribution < 1.29 is 4.92 Å². The van der Waals surface area contributed by atoms with E-state index < -0.39 is 4.92 Å². The molecule has 0 spiro atoms. The fraction of sp³-hybridized carbons (Fsp3) is 0.444. The second-order valence-corrected chi connectivity index (χ2v) is 6.05. The number of rotatable bonds is 8. The van der Waals surface area contributed by atoms with Crippen LogP contribution in [0.1, 0.15) is 30.3 Å². The van der Waals surface area contributed by atoms with Gasteiger partial charge in [-0.3, -0.25) is 14.8 Å². The molecule has 0 aliphatic carbocycles. The summed E-state index contributed by atoms with van der Waals surface area (Å²) in [5.74, 6) is 0.735. The van der Waals surface area contributed by atoms with E-state index in [0.29, 0.717) is 6.54 Å². The Morgan fingerprint density at radius 1 is 1.26 bits per heavy atom. The molecule has 0 bridgehead atoms. The van der Waals surface area contributed by atoms with Crippen molar-refractivity contribution in [3.05, 3.63) is 57.4 Å². The molecule has 0 radical (unpaired) electrons. The first-order valence-corrected chi connectivity index (χ1v) is 8.76. The number of benzene rings is 1. The maximum absolute atomic E-state index is 10.7. The third kappa shape index (κ3) is 7.53. The normalized spacial score (nSPS) is 11.0. The summed E-state index contributed by atoms with van der Waals surface area (Å²) >= 11 is 0. The largest absolute Gasteiger partial charge is 0.357 e. The minimum absolute atomic E-state index is 0. The fourth-order valence-electron chi connectivity index (χ4n) is 2.57. The maximum atomic E-state index is 10.7. The zero-order chi connectivity index (χ0) is 18.9. The summed E-state index contributed by atoms with van der Waals surface area (Å²) in [6, 6.07) is 8.53. The predicted molar refractivity (Wildman–Crippen MR) is 118 cm³/mol. The third-order valence-corrected chi connectivity index (χ3v) is 3.85. The Bertz CT molecular complexity index is 758. The summed E-state index contributed by atoms with van der Waals surface area (Å²) in [7, 11) is 0. The van der Waals surface area contributed by atoms with Gasteiger partial charge in [0.1, 0.15) is 0 Å². The van der Waals surface area contributed by atoms with Crippen LogP contribution in [0.4, 0.5) is 5.69 Å². The molecule has 27 heavy (non-hydrogen) atoms. The Morgan fingerprint density at radius 2 is 1.96 bits per heavy atom. The molecule has 0 amide bonds. The molecule has 148 valence electrons. The summed E-state index contributed by atoms with van der Waals surface area (Å²) in [6.45, 7) is 8.94. The Hall–Kier alpha value is -2.17. The predicted octanol–water partition coefficient (Wildman–Crippen LogP) is 3.17. The van der Waals surface area contributed by atoms with Gasteiger partial charge in [0, 0.05) is 37.5 Å². The van der Waals surface area contributed by atoms with Crippen molar-refractivity contribution in [2.24, 2.45) is 4.99 Å². The molecular formula is C18H27IN6O2. The number of aryl methyl sites for hydroxylation is 3. The van der Waals surface area contributed by atoms with E-state index in [1.54, 1.807) is 12.1 Å². The van der Waals surface area contributed by atoms with Gasteiger partial charge in [-0.05, 0) is 38.8 Å². The molecule has 9 heteroatoms. The second kappa shape index (κ2) is 11.5. The van der Waals surface area contributed by atoms with Crippen LogP contribution in [0.3, 0.4) is 0 Å². The van der Waals surface area contributed by atoms with Gasteiger partial charge in [0.05, 0.1) is 17.2 Å². The quantitative estimate of drug-likeness (QED) is 0.149. The van der Waals surface area contributed by atoms with Gasteiger partial charge < -0.3 is 10.6 Å². The highest BCUT2D eigenvalue weighted by atomic mass is 127. The molecule has 1 heterocycles. The number of nitrogens with zero attached hydrogens (tertiary/aromatic N) is 4. The molecule has 1 aromatic carbocycles. The SMILES string of the molecule is CCNC(=NCc1ccc([N+](=O)[O-])cc1)NCCCn1nc(C)cc1C.I. The first kappa shape index (κ1) is 22.9. The van der Waals surface area contributed by atoms with E-state index in [9.17, 15) is 10.1 Å². The molecule has 2 rings (SSSR count). The fourth-order valence-corrected chi connectivity index (χ4v) is 2.57. The van der Waals surface area contributed by atoms with E-state index in [1.165, 1.54) is 17.8 Å². The molecule has 2 aromatic rings. The molecule has 0 fully saturated rings. The number of non-ortho nitro benzene ring substituents is 1. The van der Waals surface area contributed by atoms with Gasteiger partial charge >= 0.3 is 0 Å². The molecule has 0 unspecified atom stereocenters. The number of nitro groups is 1. The van der Waals surface area contributed by atoms with Gasteiger partial charge in [-0.25, -0.2) is 4.99 Å². The zero-order valence-corrected chi connectivity index (χ0v) is 18.3. The van der Waals surface area contributed by atoms with Crippen LogP contribution in [0.25, 0.3) is 0 Å². The lowest BCUT2D eigenvalue weighted by molar-refractivity contribution is -0.384. The highest BCUT2D eigenvalue weighted by Crippen LogP contribution is 2.12. The standard InChI is InChI=1S/C18H26N6O2.HI/c1-4-19-18(20-10-5-11-23-15(3)12-14(2)22-23)21-13-16-6-8-17(9-7-16)24(25)26;/h6-9,12H,4-5,10-11,13H2,1-3H3,(H2,19,20,21);1H. The molecule has 0 aliphatic heterocycles. The lowest BCUT2D eigenvalue weighted by Crippen LogP contribution is -2.38. The summed E-state index contributed by atoms with van der Waals surface area (Å²) in [6.07, 6.45) is 0.934. The summed E-state index contributed by atoms with van der Waals surface area (Å²) in [5.41, 5.74) is 3.22. The number of halogens is 1. The van der Waals surface area contributed by atoms with Crippen LogP contribution in [-0.4, -0.2) is 33.8 Å². The van der Waals surface area contributed by atoms with Crippen molar-refractivity contribution in [2.75, 3.05) is 13.1 Å². The van der Waals surface area contributed by atoms with Crippen molar-refractivity contribution in [3.63, 3.8) is 0 Å². The van der Waals surface area contributed by atoms with E-state index in [-0.39, 0.29) is 29.7 Å². The third-order valence-electron chi connectivity index (χ3n) is 3.85. The Labute approximate surface area is 176 Å². The summed E-state index contributed by atoms with van der Waals surface area (Å²) in [5, 5.41) is 21.7. The van der Waals surface area contributed by atoms with Gasteiger partial charge in [-0.2, -0.15) is 5.10 Å². The average molecular weight is 486 g/mol. The number of nitrogens with one attached hydrogen (secondary N) is 2. The molecule has 8 nitrogen and oxygen atoms in total. The molecule has 0 saturated carbocycles. The number of guanidine groups is 1. The summed E-state index contributed by atoms with van der Waals surface area (Å²) in [4.78, 5) is 14.8. The van der Waals surface area contributed by atoms with E-state index >= 15 is 0 Å². The molecule has 0 aliphatic rings. The van der Waals surface area contributed by atoms with Crippen molar-refractivity contribution in [3.8, 4) is 0 Å². The van der Waals surface area contributed by atoms with E-state index in [1.807, 2.05) is 18.5 Å². The maximum Gasteiger partial charge on any atom is 0.269 e. The van der Waals surface area contributed by atoms with Gasteiger partial charge in [0.15, 0.2) is 5.96 Å². The van der Waals surface area contributed by atoms with Crippen LogP contribution >= 0.6 is 24.0 Å². The van der Waals surface area contributed by atoms with Crippen LogP contribution in [0, 0.1) is 24.0 Å². The van der Waals surface area contributed by atoms with E-state index in [2.05, 4.69) is 33.7 Å². The molecule has 0 saturated heterocycles. The van der Waals surface area contributed by atoms with E-state index in [0.717, 1.165) is 43.3 Å².